The maximum atomic E-state index is 12.1. The molecule has 0 saturated carbocycles. The second kappa shape index (κ2) is 5.90. The summed E-state index contributed by atoms with van der Waals surface area (Å²) in [5, 5.41) is 12.1. The molecule has 0 spiro atoms. The zero-order valence-corrected chi connectivity index (χ0v) is 12.4. The molecule has 110 valence electrons. The van der Waals surface area contributed by atoms with Crippen molar-refractivity contribution >= 4 is 29.0 Å². The fraction of sp³-hybridized carbons (Fsp3) is 0.0667. The highest BCUT2D eigenvalue weighted by Crippen LogP contribution is 2.24. The van der Waals surface area contributed by atoms with Crippen molar-refractivity contribution in [3.05, 3.63) is 52.9 Å². The van der Waals surface area contributed by atoms with E-state index < -0.39 is 0 Å². The summed E-state index contributed by atoms with van der Waals surface area (Å²) in [4.78, 5) is 24.1. The zero-order valence-electron chi connectivity index (χ0n) is 11.6. The topological polar surface area (TPSA) is 85.1 Å². The van der Waals surface area contributed by atoms with Gasteiger partial charge in [-0.3, -0.25) is 14.9 Å². The van der Waals surface area contributed by atoms with Crippen LogP contribution in [0.15, 0.2) is 46.2 Å². The molecule has 0 aliphatic carbocycles. The number of aromatic nitrogens is 2. The van der Waals surface area contributed by atoms with E-state index in [9.17, 15) is 9.59 Å². The number of ketones is 1. The van der Waals surface area contributed by atoms with Crippen molar-refractivity contribution < 1.29 is 14.0 Å². The molecule has 3 aromatic rings. The highest BCUT2D eigenvalue weighted by molar-refractivity contribution is 7.13. The molecule has 0 aliphatic heterocycles. The van der Waals surface area contributed by atoms with Gasteiger partial charge in [-0.25, -0.2) is 0 Å². The van der Waals surface area contributed by atoms with E-state index in [2.05, 4.69) is 15.5 Å². The number of thiophene rings is 1. The molecule has 0 unspecified atom stereocenters. The summed E-state index contributed by atoms with van der Waals surface area (Å²) in [6.45, 7) is 1.47. The molecule has 0 saturated heterocycles. The van der Waals surface area contributed by atoms with Crippen LogP contribution in [0.25, 0.3) is 10.8 Å². The van der Waals surface area contributed by atoms with Crippen LogP contribution in [0, 0.1) is 0 Å². The van der Waals surface area contributed by atoms with Gasteiger partial charge in [-0.1, -0.05) is 23.3 Å². The molecule has 0 fully saturated rings. The van der Waals surface area contributed by atoms with Crippen molar-refractivity contribution in [3.8, 4) is 10.8 Å². The van der Waals surface area contributed by atoms with E-state index >= 15 is 0 Å². The molecular weight excluding hydrogens is 302 g/mol. The predicted molar refractivity (Wildman–Crippen MR) is 82.0 cm³/mol. The molecule has 0 radical (unpaired) electrons. The van der Waals surface area contributed by atoms with Crippen molar-refractivity contribution in [3.63, 3.8) is 0 Å². The van der Waals surface area contributed by atoms with Crippen LogP contribution < -0.4 is 5.32 Å². The fourth-order valence-corrected chi connectivity index (χ4v) is 2.44. The Morgan fingerprint density at radius 1 is 1.09 bits per heavy atom. The monoisotopic (exact) mass is 313 g/mol. The summed E-state index contributed by atoms with van der Waals surface area (Å²) in [7, 11) is 0. The number of nitrogens with one attached hydrogen (secondary N) is 1. The lowest BCUT2D eigenvalue weighted by Crippen LogP contribution is -2.12. The summed E-state index contributed by atoms with van der Waals surface area (Å²) in [5.74, 6) is -0.0711. The number of nitrogens with zero attached hydrogens (tertiary/aromatic N) is 2. The van der Waals surface area contributed by atoms with Gasteiger partial charge in [0.05, 0.1) is 4.88 Å². The quantitative estimate of drug-likeness (QED) is 0.747. The highest BCUT2D eigenvalue weighted by Gasteiger charge is 2.13. The fourth-order valence-electron chi connectivity index (χ4n) is 1.80. The average Bonchev–Trinajstić information content (AvgIpc) is 3.18. The first kappa shape index (κ1) is 14.2. The Bertz CT molecular complexity index is 807. The number of anilines is 1. The lowest BCUT2D eigenvalue weighted by Gasteiger charge is -2.01. The van der Waals surface area contributed by atoms with Crippen molar-refractivity contribution in [1.29, 1.82) is 0 Å². The Hall–Kier alpha value is -2.80. The minimum absolute atomic E-state index is 0.0315. The van der Waals surface area contributed by atoms with Crippen LogP contribution in [-0.4, -0.2) is 21.9 Å². The largest absolute Gasteiger partial charge is 0.402 e. The van der Waals surface area contributed by atoms with Crippen LogP contribution in [0.1, 0.15) is 27.6 Å². The van der Waals surface area contributed by atoms with Crippen LogP contribution in [-0.2, 0) is 0 Å². The third-order valence-electron chi connectivity index (χ3n) is 2.93. The van der Waals surface area contributed by atoms with Crippen LogP contribution in [0.3, 0.4) is 0 Å². The second-order valence-electron chi connectivity index (χ2n) is 4.48. The molecule has 0 atom stereocenters. The summed E-state index contributed by atoms with van der Waals surface area (Å²) in [6, 6.07) is 10.1. The molecule has 1 amide bonds. The van der Waals surface area contributed by atoms with Gasteiger partial charge in [0.2, 0.25) is 0 Å². The average molecular weight is 313 g/mol. The van der Waals surface area contributed by atoms with E-state index in [-0.39, 0.29) is 17.7 Å². The molecule has 2 aromatic heterocycles. The number of carbonyl (C=O) groups excluding carboxylic acids is 2. The Morgan fingerprint density at radius 3 is 2.45 bits per heavy atom. The lowest BCUT2D eigenvalue weighted by molar-refractivity contribution is 0.100. The van der Waals surface area contributed by atoms with E-state index in [4.69, 9.17) is 4.42 Å². The van der Waals surface area contributed by atoms with Gasteiger partial charge in [0.25, 0.3) is 11.8 Å². The minimum Gasteiger partial charge on any atom is -0.402 e. The molecular formula is C15H11N3O3S. The van der Waals surface area contributed by atoms with Crippen molar-refractivity contribution in [1.82, 2.24) is 10.2 Å². The van der Waals surface area contributed by atoms with Gasteiger partial charge in [-0.05, 0) is 30.5 Å². The summed E-state index contributed by atoms with van der Waals surface area (Å²) < 4.78 is 5.38. The van der Waals surface area contributed by atoms with Gasteiger partial charge < -0.3 is 4.42 Å². The Morgan fingerprint density at radius 2 is 1.82 bits per heavy atom. The second-order valence-corrected chi connectivity index (χ2v) is 5.43. The maximum absolute atomic E-state index is 12.1. The maximum Gasteiger partial charge on any atom is 0.322 e. The first-order valence-corrected chi connectivity index (χ1v) is 7.31. The molecule has 6 nitrogen and oxygen atoms in total. The summed E-state index contributed by atoms with van der Waals surface area (Å²) in [5.41, 5.74) is 0.954. The molecule has 22 heavy (non-hydrogen) atoms. The molecule has 3 rings (SSSR count). The minimum atomic E-state index is -0.378. The molecule has 0 aliphatic rings. The van der Waals surface area contributed by atoms with E-state index in [1.807, 2.05) is 17.5 Å². The Kier molecular flexibility index (Phi) is 3.80. The first-order valence-electron chi connectivity index (χ1n) is 6.43. The van der Waals surface area contributed by atoms with Crippen LogP contribution in [0.2, 0.25) is 0 Å². The lowest BCUT2D eigenvalue weighted by atomic mass is 10.1. The Labute approximate surface area is 129 Å². The van der Waals surface area contributed by atoms with E-state index in [1.54, 1.807) is 24.3 Å². The molecule has 1 aromatic carbocycles. The van der Waals surface area contributed by atoms with Crippen LogP contribution >= 0.6 is 11.3 Å². The number of rotatable bonds is 4. The van der Waals surface area contributed by atoms with Crippen molar-refractivity contribution in [2.24, 2.45) is 0 Å². The van der Waals surface area contributed by atoms with E-state index in [0.29, 0.717) is 17.0 Å². The SMILES string of the molecule is CC(=O)c1ccc(C(=O)Nc2nnc(-c3cccs3)o2)cc1. The predicted octanol–water partition coefficient (Wildman–Crippen LogP) is 3.25. The smallest absolute Gasteiger partial charge is 0.322 e. The van der Waals surface area contributed by atoms with Gasteiger partial charge in [0.15, 0.2) is 5.78 Å². The molecule has 2 heterocycles. The number of Topliss-reactive ketones (excluding diaryl/α,β-unsaturated/α-hetero) is 1. The van der Waals surface area contributed by atoms with Gasteiger partial charge in [0, 0.05) is 11.1 Å². The molecule has 7 heteroatoms. The third kappa shape index (κ3) is 2.94. The number of amides is 1. The molecule has 0 bridgehead atoms. The van der Waals surface area contributed by atoms with E-state index in [0.717, 1.165) is 4.88 Å². The van der Waals surface area contributed by atoms with E-state index in [1.165, 1.54) is 18.3 Å². The number of hydrogen-bond donors (Lipinski definition) is 1. The standard InChI is InChI=1S/C15H11N3O3S/c1-9(19)10-4-6-11(7-5-10)13(20)16-15-18-17-14(21-15)12-3-2-8-22-12/h2-8H,1H3,(H,16,18,20). The summed E-state index contributed by atoms with van der Waals surface area (Å²) in [6.07, 6.45) is 0. The number of carbonyl (C=O) groups is 2. The normalized spacial score (nSPS) is 10.4. The number of hydrogen-bond acceptors (Lipinski definition) is 6. The zero-order chi connectivity index (χ0) is 15.5. The third-order valence-corrected chi connectivity index (χ3v) is 3.79. The van der Waals surface area contributed by atoms with Gasteiger partial charge in [-0.2, -0.15) is 0 Å². The van der Waals surface area contributed by atoms with Gasteiger partial charge in [-0.15, -0.1) is 16.4 Å². The highest BCUT2D eigenvalue weighted by atomic mass is 32.1. The number of benzene rings is 1. The molecule has 1 N–H and O–H groups in total. The summed E-state index contributed by atoms with van der Waals surface area (Å²) >= 11 is 1.47. The van der Waals surface area contributed by atoms with Crippen molar-refractivity contribution in [2.75, 3.05) is 5.32 Å². The Balaban J connectivity index is 1.73. The van der Waals surface area contributed by atoms with Crippen LogP contribution in [0.4, 0.5) is 6.01 Å². The van der Waals surface area contributed by atoms with Gasteiger partial charge >= 0.3 is 6.01 Å². The van der Waals surface area contributed by atoms with Crippen LogP contribution in [0.5, 0.6) is 0 Å². The van der Waals surface area contributed by atoms with Gasteiger partial charge in [0.1, 0.15) is 0 Å². The first-order chi connectivity index (χ1) is 10.6. The van der Waals surface area contributed by atoms with Crippen molar-refractivity contribution in [2.45, 2.75) is 6.92 Å².